The maximum atomic E-state index is 5.23. The molecule has 12 heavy (non-hydrogen) atoms. The molecule has 0 atom stereocenters. The Hall–Kier alpha value is 0.620. The molecule has 0 bridgehead atoms. The summed E-state index contributed by atoms with van der Waals surface area (Å²) in [5.41, 5.74) is 0. The molecular formula is C8H19NOS2. The van der Waals surface area contributed by atoms with E-state index >= 15 is 0 Å². The molecule has 2 nitrogen and oxygen atoms in total. The highest BCUT2D eigenvalue weighted by Gasteiger charge is 2.17. The van der Waals surface area contributed by atoms with Crippen molar-refractivity contribution in [3.63, 3.8) is 0 Å². The van der Waals surface area contributed by atoms with E-state index in [1.165, 1.54) is 0 Å². The van der Waals surface area contributed by atoms with Gasteiger partial charge in [-0.25, -0.2) is 0 Å². The lowest BCUT2D eigenvalue weighted by Gasteiger charge is -2.22. The van der Waals surface area contributed by atoms with Gasteiger partial charge in [-0.05, 0) is 27.8 Å². The van der Waals surface area contributed by atoms with Crippen molar-refractivity contribution in [3.05, 3.63) is 0 Å². The topological polar surface area (TPSA) is 21.3 Å². The van der Waals surface area contributed by atoms with Gasteiger partial charge in [-0.15, -0.1) is 0 Å². The molecule has 0 saturated carbocycles. The molecule has 0 radical (unpaired) electrons. The Labute approximate surface area is 83.6 Å². The third kappa shape index (κ3) is 7.28. The minimum absolute atomic E-state index is 0.288. The Morgan fingerprint density at radius 1 is 1.42 bits per heavy atom. The molecule has 1 N–H and O–H groups in total. The monoisotopic (exact) mass is 209 g/mol. The zero-order valence-corrected chi connectivity index (χ0v) is 9.98. The van der Waals surface area contributed by atoms with E-state index in [0.717, 1.165) is 19.1 Å². The maximum absolute atomic E-state index is 5.23. The molecule has 0 unspecified atom stereocenters. The molecule has 4 heteroatoms. The van der Waals surface area contributed by atoms with E-state index in [9.17, 15) is 0 Å². The van der Waals surface area contributed by atoms with Gasteiger partial charge in [-0.3, -0.25) is 0 Å². The molecule has 0 fully saturated rings. The van der Waals surface area contributed by atoms with E-state index in [-0.39, 0.29) is 4.75 Å². The minimum atomic E-state index is 0.288. The van der Waals surface area contributed by atoms with Crippen LogP contribution < -0.4 is 5.32 Å². The van der Waals surface area contributed by atoms with Crippen molar-refractivity contribution in [2.45, 2.75) is 25.5 Å². The van der Waals surface area contributed by atoms with E-state index in [1.54, 1.807) is 10.8 Å². The fraction of sp³-hybridized carbons (Fsp3) is 1.00. The molecule has 0 saturated heterocycles. The average Bonchev–Trinajstić information content (AvgIpc) is 1.98. The number of nitrogens with one attached hydrogen (secondary N) is 1. The maximum Gasteiger partial charge on any atom is 0.102 e. The van der Waals surface area contributed by atoms with Crippen molar-refractivity contribution in [2.75, 3.05) is 26.1 Å². The third-order valence-electron chi connectivity index (χ3n) is 1.22. The number of ether oxygens (including phenoxy) is 1. The standard InChI is InChI=1S/C8H19NOS2/c1-5-10-7-11-12-8(2,3)6-9-4/h9H,5-7H2,1-4H3. The fourth-order valence-electron chi connectivity index (χ4n) is 0.756. The van der Waals surface area contributed by atoms with Gasteiger partial charge in [0.15, 0.2) is 0 Å². The molecule has 0 spiro atoms. The summed E-state index contributed by atoms with van der Waals surface area (Å²) < 4.78 is 5.52. The van der Waals surface area contributed by atoms with Crippen LogP contribution in [0.25, 0.3) is 0 Å². The van der Waals surface area contributed by atoms with Crippen molar-refractivity contribution in [3.8, 4) is 0 Å². The number of hydrogen-bond donors (Lipinski definition) is 1. The van der Waals surface area contributed by atoms with Crippen LogP contribution in [0.3, 0.4) is 0 Å². The second kappa shape index (κ2) is 7.06. The Kier molecular flexibility index (Phi) is 7.43. The van der Waals surface area contributed by atoms with Gasteiger partial charge in [0, 0.05) is 17.9 Å². The van der Waals surface area contributed by atoms with Crippen molar-refractivity contribution in [1.82, 2.24) is 5.32 Å². The predicted octanol–water partition coefficient (Wildman–Crippen LogP) is 2.36. The van der Waals surface area contributed by atoms with Crippen LogP contribution in [0.2, 0.25) is 0 Å². The van der Waals surface area contributed by atoms with Crippen LogP contribution in [0, 0.1) is 0 Å². The molecule has 0 aliphatic heterocycles. The first-order valence-electron chi connectivity index (χ1n) is 4.15. The van der Waals surface area contributed by atoms with Gasteiger partial charge < -0.3 is 10.1 Å². The Bertz CT molecular complexity index is 109. The lowest BCUT2D eigenvalue weighted by Crippen LogP contribution is -2.28. The van der Waals surface area contributed by atoms with Gasteiger partial charge in [0.1, 0.15) is 5.94 Å². The molecular weight excluding hydrogens is 190 g/mol. The smallest absolute Gasteiger partial charge is 0.102 e. The number of rotatable bonds is 7. The van der Waals surface area contributed by atoms with Crippen LogP contribution in [-0.4, -0.2) is 30.9 Å². The quantitative estimate of drug-likeness (QED) is 0.394. The van der Waals surface area contributed by atoms with Crippen molar-refractivity contribution in [1.29, 1.82) is 0 Å². The van der Waals surface area contributed by atoms with Crippen LogP contribution in [0.15, 0.2) is 0 Å². The van der Waals surface area contributed by atoms with Crippen LogP contribution in [-0.2, 0) is 4.74 Å². The summed E-state index contributed by atoms with van der Waals surface area (Å²) in [5, 5.41) is 3.17. The molecule has 74 valence electrons. The first-order valence-corrected chi connectivity index (χ1v) is 6.47. The fourth-order valence-corrected chi connectivity index (χ4v) is 3.04. The SMILES string of the molecule is CCOCSSC(C)(C)CNC. The van der Waals surface area contributed by atoms with Crippen LogP contribution in [0.5, 0.6) is 0 Å². The zero-order chi connectivity index (χ0) is 9.45. The van der Waals surface area contributed by atoms with Crippen LogP contribution >= 0.6 is 21.6 Å². The zero-order valence-electron chi connectivity index (χ0n) is 8.35. The second-order valence-corrected chi connectivity index (χ2v) is 6.05. The van der Waals surface area contributed by atoms with Crippen molar-refractivity contribution < 1.29 is 4.74 Å². The largest absolute Gasteiger partial charge is 0.370 e. The van der Waals surface area contributed by atoms with Crippen molar-refractivity contribution >= 4 is 21.6 Å². The summed E-state index contributed by atoms with van der Waals surface area (Å²) in [5.74, 6) is 0.786. The van der Waals surface area contributed by atoms with Gasteiger partial charge in [-0.2, -0.15) is 0 Å². The Morgan fingerprint density at radius 2 is 2.08 bits per heavy atom. The van der Waals surface area contributed by atoms with Gasteiger partial charge in [-0.1, -0.05) is 21.6 Å². The summed E-state index contributed by atoms with van der Waals surface area (Å²) >= 11 is 0. The highest BCUT2D eigenvalue weighted by Crippen LogP contribution is 2.34. The average molecular weight is 209 g/mol. The van der Waals surface area contributed by atoms with Crippen LogP contribution in [0.4, 0.5) is 0 Å². The van der Waals surface area contributed by atoms with E-state index in [2.05, 4.69) is 19.2 Å². The van der Waals surface area contributed by atoms with Gasteiger partial charge in [0.25, 0.3) is 0 Å². The van der Waals surface area contributed by atoms with E-state index < -0.39 is 0 Å². The molecule has 0 aliphatic carbocycles. The highest BCUT2D eigenvalue weighted by molar-refractivity contribution is 8.77. The van der Waals surface area contributed by atoms with E-state index in [0.29, 0.717) is 0 Å². The summed E-state index contributed by atoms with van der Waals surface area (Å²) in [6.07, 6.45) is 0. The lowest BCUT2D eigenvalue weighted by molar-refractivity contribution is 0.200. The summed E-state index contributed by atoms with van der Waals surface area (Å²) in [4.78, 5) is 0. The Morgan fingerprint density at radius 3 is 2.58 bits per heavy atom. The molecule has 0 aliphatic rings. The first-order chi connectivity index (χ1) is 5.62. The third-order valence-corrected chi connectivity index (χ3v) is 4.19. The normalized spacial score (nSPS) is 12.0. The van der Waals surface area contributed by atoms with Crippen molar-refractivity contribution in [2.24, 2.45) is 0 Å². The predicted molar refractivity (Wildman–Crippen MR) is 59.7 cm³/mol. The molecule has 0 rings (SSSR count). The van der Waals surface area contributed by atoms with Gasteiger partial charge >= 0.3 is 0 Å². The molecule has 0 aromatic carbocycles. The lowest BCUT2D eigenvalue weighted by atomic mass is 10.2. The summed E-state index contributed by atoms with van der Waals surface area (Å²) in [7, 11) is 5.63. The van der Waals surface area contributed by atoms with Gasteiger partial charge in [0.2, 0.25) is 0 Å². The summed E-state index contributed by atoms with van der Waals surface area (Å²) in [6, 6.07) is 0. The molecule has 0 amide bonds. The summed E-state index contributed by atoms with van der Waals surface area (Å²) in [6.45, 7) is 8.31. The first kappa shape index (κ1) is 12.6. The van der Waals surface area contributed by atoms with Crippen LogP contribution in [0.1, 0.15) is 20.8 Å². The second-order valence-electron chi connectivity index (χ2n) is 3.10. The van der Waals surface area contributed by atoms with Gasteiger partial charge in [0.05, 0.1) is 0 Å². The number of hydrogen-bond acceptors (Lipinski definition) is 4. The van der Waals surface area contributed by atoms with E-state index in [4.69, 9.17) is 4.74 Å². The Balaban J connectivity index is 3.33. The molecule has 0 aromatic rings. The molecule has 0 aromatic heterocycles. The molecule has 0 heterocycles. The minimum Gasteiger partial charge on any atom is -0.370 e. The highest BCUT2D eigenvalue weighted by atomic mass is 33.1. The van der Waals surface area contributed by atoms with E-state index in [1.807, 2.05) is 24.8 Å².